The highest BCUT2D eigenvalue weighted by molar-refractivity contribution is 6.51. The second-order valence-electron chi connectivity index (χ2n) is 8.51. The monoisotopic (exact) mass is 441 g/mol. The third kappa shape index (κ3) is 3.44. The van der Waals surface area contributed by atoms with Gasteiger partial charge >= 0.3 is 0 Å². The summed E-state index contributed by atoms with van der Waals surface area (Å²) < 4.78 is 5.74. The van der Waals surface area contributed by atoms with Crippen molar-refractivity contribution in [2.45, 2.75) is 32.4 Å². The molecule has 2 atom stereocenters. The summed E-state index contributed by atoms with van der Waals surface area (Å²) in [5, 5.41) is 21.4. The molecule has 2 aliphatic heterocycles. The van der Waals surface area contributed by atoms with Crippen LogP contribution in [0.1, 0.15) is 35.2 Å². The summed E-state index contributed by atoms with van der Waals surface area (Å²) in [6.45, 7) is 3.82. The molecule has 3 aromatic rings. The lowest BCUT2D eigenvalue weighted by molar-refractivity contribution is -0.132. The van der Waals surface area contributed by atoms with Crippen LogP contribution in [0, 0.1) is 6.92 Å². The number of fused-ring (bicyclic) bond motifs is 1. The number of hydrogen-bond acceptors (Lipinski definition) is 5. The molecule has 0 radical (unpaired) electrons. The van der Waals surface area contributed by atoms with Gasteiger partial charge in [-0.3, -0.25) is 14.5 Å². The molecule has 0 aromatic heterocycles. The second-order valence-corrected chi connectivity index (χ2v) is 8.51. The number of hydrogen-bond donors (Lipinski definition) is 2. The van der Waals surface area contributed by atoms with E-state index in [2.05, 4.69) is 0 Å². The number of Topliss-reactive ketones (excluding diaryl/α,β-unsaturated/α-hetero) is 1. The lowest BCUT2D eigenvalue weighted by atomic mass is 9.94. The molecule has 2 aliphatic rings. The molecule has 6 nitrogen and oxygen atoms in total. The molecule has 0 saturated carbocycles. The topological polar surface area (TPSA) is 87.1 Å². The Bertz CT molecular complexity index is 1330. The van der Waals surface area contributed by atoms with Crippen molar-refractivity contribution in [2.24, 2.45) is 0 Å². The number of phenolic OH excluding ortho intramolecular Hbond substituents is 1. The van der Waals surface area contributed by atoms with Crippen molar-refractivity contribution in [1.29, 1.82) is 0 Å². The second kappa shape index (κ2) is 7.81. The fraction of sp³-hybridized carbons (Fsp3) is 0.185. The van der Waals surface area contributed by atoms with Crippen LogP contribution in [0.4, 0.5) is 5.69 Å². The highest BCUT2D eigenvalue weighted by Crippen LogP contribution is 2.44. The molecule has 2 unspecified atom stereocenters. The van der Waals surface area contributed by atoms with Gasteiger partial charge in [0.1, 0.15) is 23.4 Å². The Morgan fingerprint density at radius 2 is 1.82 bits per heavy atom. The van der Waals surface area contributed by atoms with E-state index < -0.39 is 17.7 Å². The van der Waals surface area contributed by atoms with Crippen molar-refractivity contribution < 1.29 is 24.5 Å². The molecule has 2 heterocycles. The first-order chi connectivity index (χ1) is 15.8. The Hall–Kier alpha value is -4.06. The number of aliphatic hydroxyl groups excluding tert-OH is 1. The highest BCUT2D eigenvalue weighted by atomic mass is 16.5. The maximum Gasteiger partial charge on any atom is 0.300 e. The molecule has 33 heavy (non-hydrogen) atoms. The van der Waals surface area contributed by atoms with E-state index in [9.17, 15) is 19.8 Å². The summed E-state index contributed by atoms with van der Waals surface area (Å²) in [4.78, 5) is 27.9. The van der Waals surface area contributed by atoms with Crippen LogP contribution in [0.3, 0.4) is 0 Å². The molecular formula is C27H23NO5. The standard InChI is InChI=1S/C27H23NO5/c1-15-6-3-4-9-21(15)28-24(17-7-5-8-20(29)14-17)23(26(31)27(28)32)25(30)18-10-11-22-19(13-18)12-16(2)33-22/h3-11,13-14,16,24,29-30H,12H2,1-2H3/b25-23-. The van der Waals surface area contributed by atoms with E-state index in [1.807, 2.05) is 26.0 Å². The highest BCUT2D eigenvalue weighted by Gasteiger charge is 2.47. The van der Waals surface area contributed by atoms with Gasteiger partial charge in [0, 0.05) is 17.7 Å². The Morgan fingerprint density at radius 1 is 1.03 bits per heavy atom. The molecule has 0 bridgehead atoms. The van der Waals surface area contributed by atoms with Crippen molar-refractivity contribution in [3.63, 3.8) is 0 Å². The zero-order chi connectivity index (χ0) is 23.3. The molecule has 6 heteroatoms. The number of phenols is 1. The molecule has 1 saturated heterocycles. The van der Waals surface area contributed by atoms with Crippen molar-refractivity contribution >= 4 is 23.1 Å². The van der Waals surface area contributed by atoms with E-state index in [1.165, 1.54) is 17.0 Å². The van der Waals surface area contributed by atoms with Crippen molar-refractivity contribution in [3.8, 4) is 11.5 Å². The van der Waals surface area contributed by atoms with Crippen LogP contribution in [0.2, 0.25) is 0 Å². The Morgan fingerprint density at radius 3 is 2.58 bits per heavy atom. The number of aromatic hydroxyl groups is 1. The lowest BCUT2D eigenvalue weighted by Gasteiger charge is -2.26. The quantitative estimate of drug-likeness (QED) is 0.351. The third-order valence-corrected chi connectivity index (χ3v) is 6.17. The minimum Gasteiger partial charge on any atom is -0.508 e. The number of rotatable bonds is 3. The van der Waals surface area contributed by atoms with Gasteiger partial charge in [-0.2, -0.15) is 0 Å². The van der Waals surface area contributed by atoms with E-state index in [0.717, 1.165) is 16.9 Å². The summed E-state index contributed by atoms with van der Waals surface area (Å²) in [5.41, 5.74) is 3.28. The first kappa shape index (κ1) is 20.8. The molecule has 1 fully saturated rings. The van der Waals surface area contributed by atoms with E-state index in [-0.39, 0.29) is 23.2 Å². The molecule has 166 valence electrons. The third-order valence-electron chi connectivity index (χ3n) is 6.17. The van der Waals surface area contributed by atoms with E-state index in [1.54, 1.807) is 42.5 Å². The first-order valence-electron chi connectivity index (χ1n) is 10.8. The van der Waals surface area contributed by atoms with Crippen LogP contribution in [0.15, 0.2) is 72.3 Å². The van der Waals surface area contributed by atoms with Gasteiger partial charge in [-0.1, -0.05) is 30.3 Å². The summed E-state index contributed by atoms with van der Waals surface area (Å²) in [7, 11) is 0. The van der Waals surface area contributed by atoms with Crippen molar-refractivity contribution in [2.75, 3.05) is 4.90 Å². The van der Waals surface area contributed by atoms with Crippen LogP contribution in [0.5, 0.6) is 11.5 Å². The van der Waals surface area contributed by atoms with Gasteiger partial charge < -0.3 is 14.9 Å². The number of carbonyl (C=O) groups excluding carboxylic acids is 2. The largest absolute Gasteiger partial charge is 0.508 e. The lowest BCUT2D eigenvalue weighted by Crippen LogP contribution is -2.30. The minimum atomic E-state index is -0.887. The van der Waals surface area contributed by atoms with Gasteiger partial charge in [0.2, 0.25) is 0 Å². The fourth-order valence-corrected chi connectivity index (χ4v) is 4.65. The predicted octanol–water partition coefficient (Wildman–Crippen LogP) is 4.65. The molecule has 0 spiro atoms. The number of nitrogens with zero attached hydrogens (tertiary/aromatic N) is 1. The molecular weight excluding hydrogens is 418 g/mol. The molecule has 1 amide bonds. The van der Waals surface area contributed by atoms with E-state index >= 15 is 0 Å². The number of amides is 1. The molecule has 2 N–H and O–H groups in total. The van der Waals surface area contributed by atoms with Gasteiger partial charge in [-0.25, -0.2) is 0 Å². The smallest absolute Gasteiger partial charge is 0.300 e. The van der Waals surface area contributed by atoms with Crippen LogP contribution in [0.25, 0.3) is 5.76 Å². The predicted molar refractivity (Wildman–Crippen MR) is 124 cm³/mol. The van der Waals surface area contributed by atoms with Gasteiger partial charge in [0.15, 0.2) is 0 Å². The zero-order valence-electron chi connectivity index (χ0n) is 18.3. The summed E-state index contributed by atoms with van der Waals surface area (Å²) in [6.07, 6.45) is 0.737. The van der Waals surface area contributed by atoms with Gasteiger partial charge in [-0.15, -0.1) is 0 Å². The maximum absolute atomic E-state index is 13.3. The van der Waals surface area contributed by atoms with Crippen LogP contribution in [-0.2, 0) is 16.0 Å². The minimum absolute atomic E-state index is 0.00605. The number of aliphatic hydroxyl groups is 1. The number of para-hydroxylation sites is 1. The van der Waals surface area contributed by atoms with Gasteiger partial charge in [0.05, 0.1) is 11.6 Å². The Kier molecular flexibility index (Phi) is 4.93. The normalized spacial score (nSPS) is 21.2. The number of aryl methyl sites for hydroxylation is 1. The van der Waals surface area contributed by atoms with Crippen LogP contribution < -0.4 is 9.64 Å². The summed E-state index contributed by atoms with van der Waals surface area (Å²) >= 11 is 0. The average Bonchev–Trinajstić information content (AvgIpc) is 3.29. The summed E-state index contributed by atoms with van der Waals surface area (Å²) in [5.74, 6) is -0.984. The number of carbonyl (C=O) groups is 2. The number of ether oxygens (including phenoxy) is 1. The molecule has 0 aliphatic carbocycles. The zero-order valence-corrected chi connectivity index (χ0v) is 18.3. The van der Waals surface area contributed by atoms with Crippen LogP contribution in [-0.4, -0.2) is 28.0 Å². The van der Waals surface area contributed by atoms with Crippen molar-refractivity contribution in [1.82, 2.24) is 0 Å². The van der Waals surface area contributed by atoms with E-state index in [4.69, 9.17) is 4.74 Å². The number of benzene rings is 3. The van der Waals surface area contributed by atoms with Crippen LogP contribution >= 0.6 is 0 Å². The number of ketones is 1. The Balaban J connectivity index is 1.71. The first-order valence-corrected chi connectivity index (χ1v) is 10.8. The average molecular weight is 441 g/mol. The van der Waals surface area contributed by atoms with Gasteiger partial charge in [0.25, 0.3) is 11.7 Å². The van der Waals surface area contributed by atoms with E-state index in [0.29, 0.717) is 23.2 Å². The maximum atomic E-state index is 13.3. The summed E-state index contributed by atoms with van der Waals surface area (Å²) in [6, 6.07) is 18.1. The van der Waals surface area contributed by atoms with Crippen molar-refractivity contribution in [3.05, 3.63) is 94.6 Å². The SMILES string of the molecule is Cc1ccccc1N1C(=O)C(=O)/C(=C(\O)c2ccc3c(c2)CC(C)O3)C1c1cccc(O)c1. The molecule has 5 rings (SSSR count). The Labute approximate surface area is 191 Å². The number of anilines is 1. The fourth-order valence-electron chi connectivity index (χ4n) is 4.65. The van der Waals surface area contributed by atoms with Gasteiger partial charge in [-0.05, 0) is 66.9 Å². The molecule has 3 aromatic carbocycles.